The van der Waals surface area contributed by atoms with Gasteiger partial charge in [-0.2, -0.15) is 0 Å². The molecular formula is C14H29N. The normalized spacial score (nSPS) is 31.2. The molecule has 0 spiro atoms. The maximum atomic E-state index is 6.39. The summed E-state index contributed by atoms with van der Waals surface area (Å²) in [4.78, 5) is 0. The molecule has 0 heterocycles. The molecule has 1 nitrogen and oxygen atoms in total. The highest BCUT2D eigenvalue weighted by atomic mass is 14.7. The molecule has 15 heavy (non-hydrogen) atoms. The summed E-state index contributed by atoms with van der Waals surface area (Å²) >= 11 is 0. The van der Waals surface area contributed by atoms with Crippen molar-refractivity contribution in [1.82, 2.24) is 0 Å². The van der Waals surface area contributed by atoms with E-state index in [9.17, 15) is 0 Å². The summed E-state index contributed by atoms with van der Waals surface area (Å²) in [5, 5.41) is 0. The van der Waals surface area contributed by atoms with Crippen molar-refractivity contribution in [2.75, 3.05) is 0 Å². The molecule has 0 bridgehead atoms. The summed E-state index contributed by atoms with van der Waals surface area (Å²) in [5.41, 5.74) is 6.39. The zero-order valence-corrected chi connectivity index (χ0v) is 10.8. The molecule has 1 rings (SSSR count). The van der Waals surface area contributed by atoms with Crippen molar-refractivity contribution in [3.8, 4) is 0 Å². The van der Waals surface area contributed by atoms with Gasteiger partial charge >= 0.3 is 0 Å². The van der Waals surface area contributed by atoms with E-state index in [0.29, 0.717) is 6.04 Å². The van der Waals surface area contributed by atoms with Crippen LogP contribution in [-0.4, -0.2) is 6.04 Å². The Labute approximate surface area is 95.8 Å². The van der Waals surface area contributed by atoms with E-state index >= 15 is 0 Å². The van der Waals surface area contributed by atoms with Gasteiger partial charge in [0.15, 0.2) is 0 Å². The Kier molecular flexibility index (Phi) is 5.66. The van der Waals surface area contributed by atoms with Gasteiger partial charge in [0, 0.05) is 6.04 Å². The van der Waals surface area contributed by atoms with E-state index < -0.39 is 0 Å². The van der Waals surface area contributed by atoms with Crippen LogP contribution < -0.4 is 5.73 Å². The Hall–Kier alpha value is -0.0400. The maximum Gasteiger partial charge on any atom is 0.00723 e. The Morgan fingerprint density at radius 3 is 2.47 bits per heavy atom. The first-order chi connectivity index (χ1) is 7.19. The second-order valence-electron chi connectivity index (χ2n) is 5.53. The first-order valence-corrected chi connectivity index (χ1v) is 6.94. The van der Waals surface area contributed by atoms with Crippen molar-refractivity contribution in [3.63, 3.8) is 0 Å². The molecule has 0 amide bonds. The van der Waals surface area contributed by atoms with Gasteiger partial charge in [-0.25, -0.2) is 0 Å². The predicted octanol–water partition coefficient (Wildman–Crippen LogP) is 3.97. The Morgan fingerprint density at radius 1 is 1.20 bits per heavy atom. The topological polar surface area (TPSA) is 26.0 Å². The lowest BCUT2D eigenvalue weighted by molar-refractivity contribution is 0.180. The molecule has 4 atom stereocenters. The van der Waals surface area contributed by atoms with Crippen LogP contribution in [-0.2, 0) is 0 Å². The number of hydrogen-bond acceptors (Lipinski definition) is 1. The summed E-state index contributed by atoms with van der Waals surface area (Å²) in [6.07, 6.45) is 9.50. The summed E-state index contributed by atoms with van der Waals surface area (Å²) in [7, 11) is 0. The highest BCUT2D eigenvalue weighted by Crippen LogP contribution is 2.35. The summed E-state index contributed by atoms with van der Waals surface area (Å²) in [6, 6.07) is 0.463. The number of hydrogen-bond donors (Lipinski definition) is 1. The van der Waals surface area contributed by atoms with E-state index in [2.05, 4.69) is 20.8 Å². The first-order valence-electron chi connectivity index (χ1n) is 6.94. The van der Waals surface area contributed by atoms with Crippen LogP contribution in [0.2, 0.25) is 0 Å². The van der Waals surface area contributed by atoms with E-state index in [4.69, 9.17) is 5.73 Å². The molecule has 0 aromatic rings. The van der Waals surface area contributed by atoms with Gasteiger partial charge < -0.3 is 5.73 Å². The average Bonchev–Trinajstić information content (AvgIpc) is 2.28. The highest BCUT2D eigenvalue weighted by Gasteiger charge is 2.28. The molecule has 90 valence electrons. The van der Waals surface area contributed by atoms with Crippen molar-refractivity contribution in [2.45, 2.75) is 71.8 Å². The molecule has 0 aromatic heterocycles. The fourth-order valence-corrected chi connectivity index (χ4v) is 3.11. The Balaban J connectivity index is 2.44. The van der Waals surface area contributed by atoms with Crippen LogP contribution in [0.1, 0.15) is 65.7 Å². The molecule has 1 fully saturated rings. The van der Waals surface area contributed by atoms with Gasteiger partial charge in [0.1, 0.15) is 0 Å². The zero-order valence-electron chi connectivity index (χ0n) is 10.8. The van der Waals surface area contributed by atoms with Crippen LogP contribution in [0.25, 0.3) is 0 Å². The minimum absolute atomic E-state index is 0.463. The molecule has 0 saturated heterocycles. The number of nitrogens with two attached hydrogens (primary N) is 1. The van der Waals surface area contributed by atoms with E-state index in [0.717, 1.165) is 17.8 Å². The lowest BCUT2D eigenvalue weighted by atomic mass is 9.72. The summed E-state index contributed by atoms with van der Waals surface area (Å²) in [6.45, 7) is 6.94. The Bertz CT molecular complexity index is 167. The third kappa shape index (κ3) is 3.79. The van der Waals surface area contributed by atoms with Gasteiger partial charge in [-0.1, -0.05) is 52.9 Å². The van der Waals surface area contributed by atoms with Gasteiger partial charge in [-0.15, -0.1) is 0 Å². The van der Waals surface area contributed by atoms with Crippen LogP contribution in [0.4, 0.5) is 0 Å². The first kappa shape index (κ1) is 13.0. The minimum atomic E-state index is 0.463. The van der Waals surface area contributed by atoms with E-state index in [1.807, 2.05) is 0 Å². The SMILES string of the molecule is CCC(C)CC(N)C1CCCCC1CC. The molecular weight excluding hydrogens is 182 g/mol. The van der Waals surface area contributed by atoms with E-state index in [1.165, 1.54) is 44.9 Å². The van der Waals surface area contributed by atoms with E-state index in [-0.39, 0.29) is 0 Å². The van der Waals surface area contributed by atoms with Crippen molar-refractivity contribution in [3.05, 3.63) is 0 Å². The largest absolute Gasteiger partial charge is 0.327 e. The van der Waals surface area contributed by atoms with Crippen LogP contribution >= 0.6 is 0 Å². The monoisotopic (exact) mass is 211 g/mol. The van der Waals surface area contributed by atoms with Gasteiger partial charge in [0.05, 0.1) is 0 Å². The molecule has 2 N–H and O–H groups in total. The third-order valence-corrected chi connectivity index (χ3v) is 4.41. The highest BCUT2D eigenvalue weighted by molar-refractivity contribution is 4.83. The van der Waals surface area contributed by atoms with Gasteiger partial charge in [0.25, 0.3) is 0 Å². The summed E-state index contributed by atoms with van der Waals surface area (Å²) in [5.74, 6) is 2.54. The quantitative estimate of drug-likeness (QED) is 0.731. The van der Waals surface area contributed by atoms with Crippen LogP contribution in [0.15, 0.2) is 0 Å². The van der Waals surface area contributed by atoms with E-state index in [1.54, 1.807) is 0 Å². The predicted molar refractivity (Wildman–Crippen MR) is 67.8 cm³/mol. The van der Waals surface area contributed by atoms with Gasteiger partial charge in [0.2, 0.25) is 0 Å². The maximum absolute atomic E-state index is 6.39. The van der Waals surface area contributed by atoms with Crippen molar-refractivity contribution >= 4 is 0 Å². The molecule has 4 unspecified atom stereocenters. The fraction of sp³-hybridized carbons (Fsp3) is 1.00. The number of rotatable bonds is 5. The lowest BCUT2D eigenvalue weighted by Crippen LogP contribution is -2.38. The van der Waals surface area contributed by atoms with Crippen molar-refractivity contribution in [2.24, 2.45) is 23.5 Å². The van der Waals surface area contributed by atoms with Crippen LogP contribution in [0, 0.1) is 17.8 Å². The average molecular weight is 211 g/mol. The molecule has 0 aromatic carbocycles. The zero-order chi connectivity index (χ0) is 11.3. The molecule has 0 aliphatic heterocycles. The van der Waals surface area contributed by atoms with Crippen molar-refractivity contribution in [1.29, 1.82) is 0 Å². The standard InChI is InChI=1S/C14H29N/c1-4-11(3)10-14(15)13-9-7-6-8-12(13)5-2/h11-14H,4-10,15H2,1-3H3. The second-order valence-corrected chi connectivity index (χ2v) is 5.53. The van der Waals surface area contributed by atoms with Gasteiger partial charge in [-0.3, -0.25) is 0 Å². The van der Waals surface area contributed by atoms with Crippen molar-refractivity contribution < 1.29 is 0 Å². The minimum Gasteiger partial charge on any atom is -0.327 e. The smallest absolute Gasteiger partial charge is 0.00723 e. The molecule has 1 heteroatoms. The molecule has 1 aliphatic carbocycles. The third-order valence-electron chi connectivity index (χ3n) is 4.41. The lowest BCUT2D eigenvalue weighted by Gasteiger charge is -2.36. The van der Waals surface area contributed by atoms with Crippen LogP contribution in [0.5, 0.6) is 0 Å². The Morgan fingerprint density at radius 2 is 1.87 bits per heavy atom. The molecule has 0 radical (unpaired) electrons. The molecule has 1 aliphatic rings. The summed E-state index contributed by atoms with van der Waals surface area (Å²) < 4.78 is 0. The van der Waals surface area contributed by atoms with Crippen LogP contribution in [0.3, 0.4) is 0 Å². The molecule has 1 saturated carbocycles. The second kappa shape index (κ2) is 6.52. The van der Waals surface area contributed by atoms with Gasteiger partial charge in [-0.05, 0) is 30.6 Å². The fourth-order valence-electron chi connectivity index (χ4n) is 3.11.